The molecule has 2 atom stereocenters. The summed E-state index contributed by atoms with van der Waals surface area (Å²) in [5.41, 5.74) is 0. The third-order valence-electron chi connectivity index (χ3n) is 3.50. The molecule has 0 aliphatic carbocycles. The highest BCUT2D eigenvalue weighted by Crippen LogP contribution is 2.21. The molecule has 1 aliphatic heterocycles. The second-order valence-corrected chi connectivity index (χ2v) is 4.92. The molecule has 0 bridgehead atoms. The summed E-state index contributed by atoms with van der Waals surface area (Å²) in [7, 11) is 0. The molecule has 0 aromatic rings. The summed E-state index contributed by atoms with van der Waals surface area (Å²) >= 11 is 0. The molecule has 1 rings (SSSR count). The lowest BCUT2D eigenvalue weighted by Crippen LogP contribution is -2.37. The number of rotatable bonds is 5. The number of hydrogen-bond acceptors (Lipinski definition) is 1. The van der Waals surface area contributed by atoms with E-state index in [1.807, 2.05) is 0 Å². The molecule has 0 saturated carbocycles. The Morgan fingerprint density at radius 3 is 2.73 bits per heavy atom. The fourth-order valence-corrected chi connectivity index (χ4v) is 2.37. The van der Waals surface area contributed by atoms with Crippen molar-refractivity contribution < 1.29 is 4.79 Å². The third-order valence-corrected chi connectivity index (χ3v) is 3.50. The molecular formula is C13H25NO. The molecule has 0 spiro atoms. The molecule has 0 aromatic carbocycles. The highest BCUT2D eigenvalue weighted by molar-refractivity contribution is 5.79. The van der Waals surface area contributed by atoms with E-state index in [1.54, 1.807) is 0 Å². The molecule has 1 aliphatic rings. The van der Waals surface area contributed by atoms with Gasteiger partial charge in [-0.1, -0.05) is 33.1 Å². The molecule has 1 fully saturated rings. The molecule has 1 saturated heterocycles. The van der Waals surface area contributed by atoms with E-state index in [-0.39, 0.29) is 5.92 Å². The molecule has 1 amide bonds. The van der Waals surface area contributed by atoms with Crippen molar-refractivity contribution >= 4 is 5.91 Å². The van der Waals surface area contributed by atoms with Crippen molar-refractivity contribution in [2.75, 3.05) is 6.54 Å². The van der Waals surface area contributed by atoms with Crippen LogP contribution in [-0.2, 0) is 4.79 Å². The van der Waals surface area contributed by atoms with Gasteiger partial charge in [0.1, 0.15) is 0 Å². The predicted octanol–water partition coefficient (Wildman–Crippen LogP) is 3.21. The van der Waals surface area contributed by atoms with Gasteiger partial charge in [0.05, 0.1) is 0 Å². The molecule has 15 heavy (non-hydrogen) atoms. The molecule has 0 N–H and O–H groups in total. The maximum atomic E-state index is 12.1. The number of unbranched alkanes of at least 4 members (excludes halogenated alkanes) is 2. The minimum absolute atomic E-state index is 0.233. The number of nitrogens with zero attached hydrogens (tertiary/aromatic N) is 1. The Balaban J connectivity index is 2.31. The monoisotopic (exact) mass is 211 g/mol. The molecule has 2 heteroatoms. The number of carbonyl (C=O) groups is 1. The maximum absolute atomic E-state index is 12.1. The topological polar surface area (TPSA) is 20.3 Å². The normalized spacial score (nSPS) is 23.1. The van der Waals surface area contributed by atoms with Gasteiger partial charge in [0, 0.05) is 18.5 Å². The van der Waals surface area contributed by atoms with Crippen molar-refractivity contribution in [1.82, 2.24) is 4.90 Å². The summed E-state index contributed by atoms with van der Waals surface area (Å²) in [5.74, 6) is 0.619. The van der Waals surface area contributed by atoms with Gasteiger partial charge in [-0.05, 0) is 26.2 Å². The van der Waals surface area contributed by atoms with E-state index in [0.717, 1.165) is 13.0 Å². The third kappa shape index (κ3) is 3.51. The Kier molecular flexibility index (Phi) is 5.13. The molecule has 2 unspecified atom stereocenters. The minimum atomic E-state index is 0.233. The van der Waals surface area contributed by atoms with Crippen LogP contribution >= 0.6 is 0 Å². The van der Waals surface area contributed by atoms with Crippen molar-refractivity contribution in [2.24, 2.45) is 5.92 Å². The zero-order chi connectivity index (χ0) is 11.3. The first-order valence-electron chi connectivity index (χ1n) is 6.47. The molecule has 88 valence electrons. The van der Waals surface area contributed by atoms with Crippen molar-refractivity contribution in [1.29, 1.82) is 0 Å². The number of amides is 1. The first kappa shape index (κ1) is 12.5. The lowest BCUT2D eigenvalue weighted by molar-refractivity contribution is -0.135. The van der Waals surface area contributed by atoms with Crippen LogP contribution in [-0.4, -0.2) is 23.4 Å². The van der Waals surface area contributed by atoms with Crippen molar-refractivity contribution in [3.63, 3.8) is 0 Å². The fraction of sp³-hybridized carbons (Fsp3) is 0.923. The van der Waals surface area contributed by atoms with E-state index in [1.165, 1.54) is 32.1 Å². The van der Waals surface area contributed by atoms with Gasteiger partial charge in [0.15, 0.2) is 0 Å². The Morgan fingerprint density at radius 1 is 1.47 bits per heavy atom. The summed E-state index contributed by atoms with van der Waals surface area (Å²) in [4.78, 5) is 14.2. The number of carbonyl (C=O) groups excluding carboxylic acids is 1. The zero-order valence-electron chi connectivity index (χ0n) is 10.5. The van der Waals surface area contributed by atoms with Crippen molar-refractivity contribution in [3.05, 3.63) is 0 Å². The van der Waals surface area contributed by atoms with Gasteiger partial charge < -0.3 is 4.90 Å². The van der Waals surface area contributed by atoms with Crippen LogP contribution in [0.5, 0.6) is 0 Å². The smallest absolute Gasteiger partial charge is 0.225 e. The van der Waals surface area contributed by atoms with Crippen LogP contribution in [0.15, 0.2) is 0 Å². The summed E-state index contributed by atoms with van der Waals surface area (Å²) in [6.07, 6.45) is 7.14. The molecule has 0 radical (unpaired) electrons. The second kappa shape index (κ2) is 6.14. The van der Waals surface area contributed by atoms with E-state index < -0.39 is 0 Å². The quantitative estimate of drug-likeness (QED) is 0.639. The van der Waals surface area contributed by atoms with Crippen LogP contribution in [0.2, 0.25) is 0 Å². The SMILES string of the molecule is CCCCCC(C)C(=O)N1CCCC1C. The molecule has 2 nitrogen and oxygen atoms in total. The van der Waals surface area contributed by atoms with Crippen LogP contribution in [0.3, 0.4) is 0 Å². The second-order valence-electron chi connectivity index (χ2n) is 4.92. The lowest BCUT2D eigenvalue weighted by Gasteiger charge is -2.25. The summed E-state index contributed by atoms with van der Waals surface area (Å²) in [6, 6.07) is 0.478. The fourth-order valence-electron chi connectivity index (χ4n) is 2.37. The van der Waals surface area contributed by atoms with E-state index >= 15 is 0 Å². The van der Waals surface area contributed by atoms with Crippen LogP contribution in [0.4, 0.5) is 0 Å². The van der Waals surface area contributed by atoms with E-state index in [0.29, 0.717) is 11.9 Å². The van der Waals surface area contributed by atoms with Gasteiger partial charge in [0.25, 0.3) is 0 Å². The van der Waals surface area contributed by atoms with Gasteiger partial charge in [-0.25, -0.2) is 0 Å². The summed E-state index contributed by atoms with van der Waals surface area (Å²) in [6.45, 7) is 7.44. The van der Waals surface area contributed by atoms with Crippen molar-refractivity contribution in [3.8, 4) is 0 Å². The van der Waals surface area contributed by atoms with E-state index in [4.69, 9.17) is 0 Å². The largest absolute Gasteiger partial charge is 0.340 e. The highest BCUT2D eigenvalue weighted by atomic mass is 16.2. The predicted molar refractivity (Wildman–Crippen MR) is 63.7 cm³/mol. The zero-order valence-corrected chi connectivity index (χ0v) is 10.5. The maximum Gasteiger partial charge on any atom is 0.225 e. The highest BCUT2D eigenvalue weighted by Gasteiger charge is 2.27. The molecular weight excluding hydrogens is 186 g/mol. The van der Waals surface area contributed by atoms with Gasteiger partial charge in [-0.15, -0.1) is 0 Å². The minimum Gasteiger partial charge on any atom is -0.340 e. The summed E-state index contributed by atoms with van der Waals surface area (Å²) in [5, 5.41) is 0. The van der Waals surface area contributed by atoms with Crippen LogP contribution in [0, 0.1) is 5.92 Å². The number of likely N-dealkylation sites (tertiary alicyclic amines) is 1. The van der Waals surface area contributed by atoms with Crippen LogP contribution in [0.1, 0.15) is 59.3 Å². The van der Waals surface area contributed by atoms with Crippen molar-refractivity contribution in [2.45, 2.75) is 65.3 Å². The summed E-state index contributed by atoms with van der Waals surface area (Å²) < 4.78 is 0. The number of hydrogen-bond donors (Lipinski definition) is 0. The van der Waals surface area contributed by atoms with Gasteiger partial charge in [-0.3, -0.25) is 4.79 Å². The Morgan fingerprint density at radius 2 is 2.20 bits per heavy atom. The molecule has 1 heterocycles. The van der Waals surface area contributed by atoms with Gasteiger partial charge >= 0.3 is 0 Å². The Hall–Kier alpha value is -0.530. The molecule has 0 aromatic heterocycles. The first-order chi connectivity index (χ1) is 7.16. The first-order valence-corrected chi connectivity index (χ1v) is 6.47. The Labute approximate surface area is 94.0 Å². The van der Waals surface area contributed by atoms with E-state index in [2.05, 4.69) is 25.7 Å². The Bertz CT molecular complexity index is 203. The lowest BCUT2D eigenvalue weighted by atomic mass is 10.0. The van der Waals surface area contributed by atoms with Crippen LogP contribution < -0.4 is 0 Å². The van der Waals surface area contributed by atoms with E-state index in [9.17, 15) is 4.79 Å². The van der Waals surface area contributed by atoms with Gasteiger partial charge in [-0.2, -0.15) is 0 Å². The van der Waals surface area contributed by atoms with Crippen LogP contribution in [0.25, 0.3) is 0 Å². The standard InChI is InChI=1S/C13H25NO/c1-4-5-6-8-11(2)13(15)14-10-7-9-12(14)3/h11-12H,4-10H2,1-3H3. The average molecular weight is 211 g/mol. The van der Waals surface area contributed by atoms with Gasteiger partial charge in [0.2, 0.25) is 5.91 Å². The average Bonchev–Trinajstić information content (AvgIpc) is 2.63.